The molecule has 0 fully saturated rings. The Morgan fingerprint density at radius 1 is 1.16 bits per heavy atom. The van der Waals surface area contributed by atoms with Crippen molar-refractivity contribution in [3.63, 3.8) is 0 Å². The lowest BCUT2D eigenvalue weighted by Crippen LogP contribution is -2.53. The van der Waals surface area contributed by atoms with Gasteiger partial charge >= 0.3 is 12.0 Å². The highest BCUT2D eigenvalue weighted by Crippen LogP contribution is 1.99. The number of hydrogen-bond donors (Lipinski definition) is 4. The van der Waals surface area contributed by atoms with E-state index in [1.807, 2.05) is 20.8 Å². The monoisotopic (exact) mass is 273 g/mol. The van der Waals surface area contributed by atoms with E-state index in [0.717, 1.165) is 0 Å². The first kappa shape index (κ1) is 17.2. The molecule has 0 saturated heterocycles. The second-order valence-corrected chi connectivity index (χ2v) is 5.55. The van der Waals surface area contributed by atoms with Crippen molar-refractivity contribution in [3.05, 3.63) is 0 Å². The van der Waals surface area contributed by atoms with Gasteiger partial charge in [-0.1, -0.05) is 6.92 Å². The van der Waals surface area contributed by atoms with Crippen molar-refractivity contribution in [1.82, 2.24) is 16.0 Å². The zero-order chi connectivity index (χ0) is 15.2. The van der Waals surface area contributed by atoms with Crippen LogP contribution < -0.4 is 16.0 Å². The SMILES string of the molecule is CC(CNC(=O)NC(C)C(=O)NC(C)(C)C)C(=O)O. The number of carbonyl (C=O) groups is 3. The van der Waals surface area contributed by atoms with Gasteiger partial charge in [0, 0.05) is 12.1 Å². The van der Waals surface area contributed by atoms with Gasteiger partial charge in [-0.3, -0.25) is 9.59 Å². The number of urea groups is 1. The van der Waals surface area contributed by atoms with Crippen LogP contribution in [-0.2, 0) is 9.59 Å². The summed E-state index contributed by atoms with van der Waals surface area (Å²) in [7, 11) is 0. The summed E-state index contributed by atoms with van der Waals surface area (Å²) in [5, 5.41) is 16.2. The van der Waals surface area contributed by atoms with Crippen LogP contribution in [0.1, 0.15) is 34.6 Å². The lowest BCUT2D eigenvalue weighted by molar-refractivity contribution is -0.140. The van der Waals surface area contributed by atoms with Crippen molar-refractivity contribution in [3.8, 4) is 0 Å². The number of nitrogens with one attached hydrogen (secondary N) is 3. The Bertz CT molecular complexity index is 349. The van der Waals surface area contributed by atoms with Gasteiger partial charge in [0.1, 0.15) is 6.04 Å². The normalized spacial score (nSPS) is 14.2. The molecule has 19 heavy (non-hydrogen) atoms. The molecular formula is C12H23N3O4. The fraction of sp³-hybridized carbons (Fsp3) is 0.750. The molecular weight excluding hydrogens is 250 g/mol. The molecule has 0 aromatic rings. The van der Waals surface area contributed by atoms with Gasteiger partial charge in [0.2, 0.25) is 5.91 Å². The highest BCUT2D eigenvalue weighted by molar-refractivity contribution is 5.87. The highest BCUT2D eigenvalue weighted by Gasteiger charge is 2.21. The molecule has 0 aliphatic carbocycles. The van der Waals surface area contributed by atoms with Gasteiger partial charge in [-0.25, -0.2) is 4.79 Å². The molecule has 7 heteroatoms. The summed E-state index contributed by atoms with van der Waals surface area (Å²) >= 11 is 0. The molecule has 7 nitrogen and oxygen atoms in total. The smallest absolute Gasteiger partial charge is 0.315 e. The Labute approximate surface area is 113 Å². The molecule has 0 aliphatic rings. The number of amides is 3. The molecule has 2 atom stereocenters. The number of carboxylic acids is 1. The summed E-state index contributed by atoms with van der Waals surface area (Å²) in [5.41, 5.74) is -0.374. The second kappa shape index (κ2) is 6.96. The zero-order valence-corrected chi connectivity index (χ0v) is 12.0. The third kappa shape index (κ3) is 8.01. The molecule has 3 amide bonds. The molecule has 0 aromatic carbocycles. The number of carbonyl (C=O) groups excluding carboxylic acids is 2. The summed E-state index contributed by atoms with van der Waals surface area (Å²) in [6.07, 6.45) is 0. The van der Waals surface area contributed by atoms with Crippen LogP contribution in [0, 0.1) is 5.92 Å². The van der Waals surface area contributed by atoms with Crippen LogP contribution in [0.3, 0.4) is 0 Å². The van der Waals surface area contributed by atoms with Crippen LogP contribution in [0.5, 0.6) is 0 Å². The lowest BCUT2D eigenvalue weighted by Gasteiger charge is -2.23. The predicted molar refractivity (Wildman–Crippen MR) is 70.7 cm³/mol. The van der Waals surface area contributed by atoms with Crippen molar-refractivity contribution >= 4 is 17.9 Å². The Balaban J connectivity index is 4.12. The number of hydrogen-bond acceptors (Lipinski definition) is 3. The molecule has 0 bridgehead atoms. The predicted octanol–water partition coefficient (Wildman–Crippen LogP) is 0.310. The molecule has 0 saturated carbocycles. The summed E-state index contributed by atoms with van der Waals surface area (Å²) in [4.78, 5) is 33.7. The maximum Gasteiger partial charge on any atom is 0.315 e. The summed E-state index contributed by atoms with van der Waals surface area (Å²) in [6.45, 7) is 8.57. The standard InChI is InChI=1S/C12H23N3O4/c1-7(10(17)18)6-13-11(19)14-8(2)9(16)15-12(3,4)5/h7-8H,6H2,1-5H3,(H,15,16)(H,17,18)(H2,13,14,19). The maximum absolute atomic E-state index is 11.7. The quantitative estimate of drug-likeness (QED) is 0.578. The van der Waals surface area contributed by atoms with E-state index < -0.39 is 24.0 Å². The molecule has 0 heterocycles. The van der Waals surface area contributed by atoms with E-state index in [9.17, 15) is 14.4 Å². The van der Waals surface area contributed by atoms with Crippen molar-refractivity contribution in [2.75, 3.05) is 6.54 Å². The van der Waals surface area contributed by atoms with Crippen molar-refractivity contribution in [1.29, 1.82) is 0 Å². The van der Waals surface area contributed by atoms with Crippen LogP contribution in [-0.4, -0.2) is 41.1 Å². The van der Waals surface area contributed by atoms with Crippen molar-refractivity contribution in [2.45, 2.75) is 46.2 Å². The molecule has 0 radical (unpaired) electrons. The molecule has 0 aromatic heterocycles. The molecule has 110 valence electrons. The zero-order valence-electron chi connectivity index (χ0n) is 12.0. The molecule has 0 rings (SSSR count). The van der Waals surface area contributed by atoms with Gasteiger partial charge in [-0.15, -0.1) is 0 Å². The Morgan fingerprint density at radius 3 is 2.11 bits per heavy atom. The largest absolute Gasteiger partial charge is 0.481 e. The van der Waals surface area contributed by atoms with Gasteiger partial charge in [-0.2, -0.15) is 0 Å². The van der Waals surface area contributed by atoms with E-state index in [-0.39, 0.29) is 18.0 Å². The Kier molecular flexibility index (Phi) is 6.31. The minimum atomic E-state index is -0.987. The van der Waals surface area contributed by atoms with E-state index in [1.165, 1.54) is 6.92 Å². The lowest BCUT2D eigenvalue weighted by atomic mass is 10.1. The van der Waals surface area contributed by atoms with E-state index in [0.29, 0.717) is 0 Å². The van der Waals surface area contributed by atoms with E-state index in [1.54, 1.807) is 6.92 Å². The fourth-order valence-electron chi connectivity index (χ4n) is 1.12. The van der Waals surface area contributed by atoms with Gasteiger partial charge in [0.05, 0.1) is 5.92 Å². The molecule has 2 unspecified atom stereocenters. The van der Waals surface area contributed by atoms with Crippen LogP contribution in [0.25, 0.3) is 0 Å². The average molecular weight is 273 g/mol. The summed E-state index contributed by atoms with van der Waals surface area (Å²) in [6, 6.07) is -1.26. The van der Waals surface area contributed by atoms with Gasteiger partial charge in [0.15, 0.2) is 0 Å². The van der Waals surface area contributed by atoms with Gasteiger partial charge in [-0.05, 0) is 27.7 Å². The summed E-state index contributed by atoms with van der Waals surface area (Å²) < 4.78 is 0. The van der Waals surface area contributed by atoms with E-state index in [2.05, 4.69) is 16.0 Å². The molecule has 4 N–H and O–H groups in total. The first-order valence-corrected chi connectivity index (χ1v) is 6.12. The van der Waals surface area contributed by atoms with Gasteiger partial charge < -0.3 is 21.1 Å². The second-order valence-electron chi connectivity index (χ2n) is 5.55. The summed E-state index contributed by atoms with van der Waals surface area (Å²) in [5.74, 6) is -1.96. The van der Waals surface area contributed by atoms with E-state index in [4.69, 9.17) is 5.11 Å². The van der Waals surface area contributed by atoms with Gasteiger partial charge in [0.25, 0.3) is 0 Å². The van der Waals surface area contributed by atoms with Crippen LogP contribution in [0.15, 0.2) is 0 Å². The Morgan fingerprint density at radius 2 is 1.68 bits per heavy atom. The number of aliphatic carboxylic acids is 1. The highest BCUT2D eigenvalue weighted by atomic mass is 16.4. The maximum atomic E-state index is 11.7. The third-order valence-electron chi connectivity index (χ3n) is 2.23. The van der Waals surface area contributed by atoms with Crippen molar-refractivity contribution < 1.29 is 19.5 Å². The Hall–Kier alpha value is -1.79. The van der Waals surface area contributed by atoms with Crippen LogP contribution in [0.2, 0.25) is 0 Å². The van der Waals surface area contributed by atoms with Crippen LogP contribution in [0.4, 0.5) is 4.79 Å². The molecule has 0 aliphatic heterocycles. The average Bonchev–Trinajstić information content (AvgIpc) is 2.23. The topological polar surface area (TPSA) is 108 Å². The number of rotatable bonds is 5. The fourth-order valence-corrected chi connectivity index (χ4v) is 1.12. The minimum absolute atomic E-state index is 0.00871. The van der Waals surface area contributed by atoms with Crippen LogP contribution >= 0.6 is 0 Å². The van der Waals surface area contributed by atoms with Crippen molar-refractivity contribution in [2.24, 2.45) is 5.92 Å². The first-order chi connectivity index (χ1) is 8.53. The van der Waals surface area contributed by atoms with E-state index >= 15 is 0 Å². The third-order valence-corrected chi connectivity index (χ3v) is 2.23. The number of carboxylic acid groups (broad SMARTS) is 1. The first-order valence-electron chi connectivity index (χ1n) is 6.12. The minimum Gasteiger partial charge on any atom is -0.481 e. The molecule has 0 spiro atoms.